The second kappa shape index (κ2) is 5.89. The summed E-state index contributed by atoms with van der Waals surface area (Å²) in [5, 5.41) is 2.73. The van der Waals surface area contributed by atoms with Crippen molar-refractivity contribution in [3.05, 3.63) is 0 Å². The van der Waals surface area contributed by atoms with Crippen LogP contribution >= 0.6 is 0 Å². The van der Waals surface area contributed by atoms with Gasteiger partial charge in [-0.2, -0.15) is 0 Å². The van der Waals surface area contributed by atoms with Gasteiger partial charge >= 0.3 is 6.09 Å². The van der Waals surface area contributed by atoms with E-state index in [4.69, 9.17) is 4.74 Å². The minimum Gasteiger partial charge on any atom is -0.447 e. The summed E-state index contributed by atoms with van der Waals surface area (Å²) in [5.41, 5.74) is 0.337. The molecule has 84 valence electrons. The summed E-state index contributed by atoms with van der Waals surface area (Å²) in [6, 6.07) is 0. The van der Waals surface area contributed by atoms with Crippen LogP contribution < -0.4 is 5.32 Å². The number of carbonyl (C=O) groups is 1. The largest absolute Gasteiger partial charge is 0.447 e. The average molecular weight is 201 g/mol. The van der Waals surface area contributed by atoms with Crippen molar-refractivity contribution >= 4 is 6.09 Å². The Morgan fingerprint density at radius 2 is 1.93 bits per heavy atom. The number of hydrogen-bond acceptors (Lipinski definition) is 2. The highest BCUT2D eigenvalue weighted by atomic mass is 16.6. The van der Waals surface area contributed by atoms with Gasteiger partial charge in [0.25, 0.3) is 0 Å². The van der Waals surface area contributed by atoms with E-state index in [0.29, 0.717) is 12.0 Å². The fourth-order valence-corrected chi connectivity index (χ4v) is 1.06. The van der Waals surface area contributed by atoms with Crippen LogP contribution in [0, 0.1) is 5.41 Å². The van der Waals surface area contributed by atoms with Crippen molar-refractivity contribution in [2.45, 2.75) is 53.6 Å². The van der Waals surface area contributed by atoms with Gasteiger partial charge in [0.2, 0.25) is 0 Å². The number of amides is 1. The van der Waals surface area contributed by atoms with Crippen LogP contribution in [0.15, 0.2) is 0 Å². The third kappa shape index (κ3) is 9.36. The van der Waals surface area contributed by atoms with E-state index in [2.05, 4.69) is 26.1 Å². The minimum absolute atomic E-state index is 0.0439. The second-order valence-electron chi connectivity index (χ2n) is 5.05. The van der Waals surface area contributed by atoms with Gasteiger partial charge in [0.15, 0.2) is 0 Å². The van der Waals surface area contributed by atoms with Crippen molar-refractivity contribution in [2.75, 3.05) is 6.54 Å². The third-order valence-electron chi connectivity index (χ3n) is 1.72. The van der Waals surface area contributed by atoms with E-state index in [1.54, 1.807) is 0 Å². The number of rotatable bonds is 4. The molecule has 0 spiro atoms. The fourth-order valence-electron chi connectivity index (χ4n) is 1.06. The molecule has 0 aliphatic rings. The van der Waals surface area contributed by atoms with Crippen LogP contribution in [0.5, 0.6) is 0 Å². The zero-order valence-electron chi connectivity index (χ0n) is 10.0. The molecule has 0 heterocycles. The first-order valence-electron chi connectivity index (χ1n) is 5.26. The monoisotopic (exact) mass is 201 g/mol. The molecule has 0 saturated carbocycles. The number of ether oxygens (including phenoxy) is 1. The summed E-state index contributed by atoms with van der Waals surface area (Å²) in [6.07, 6.45) is 1.75. The molecule has 0 aromatic rings. The van der Waals surface area contributed by atoms with Gasteiger partial charge in [-0.15, -0.1) is 0 Å². The van der Waals surface area contributed by atoms with E-state index in [9.17, 15) is 4.79 Å². The molecule has 0 aliphatic carbocycles. The maximum absolute atomic E-state index is 11.0. The maximum Gasteiger partial charge on any atom is 0.407 e. The second-order valence-corrected chi connectivity index (χ2v) is 5.05. The van der Waals surface area contributed by atoms with E-state index >= 15 is 0 Å². The predicted molar refractivity (Wildman–Crippen MR) is 58.3 cm³/mol. The SMILES string of the molecule is CC(C)OC(=O)NCCCC(C)(C)C. The van der Waals surface area contributed by atoms with E-state index < -0.39 is 0 Å². The predicted octanol–water partition coefficient (Wildman–Crippen LogP) is 2.95. The molecule has 0 aliphatic heterocycles. The van der Waals surface area contributed by atoms with Gasteiger partial charge in [-0.1, -0.05) is 20.8 Å². The molecule has 0 unspecified atom stereocenters. The molecule has 0 atom stereocenters. The molecule has 1 N–H and O–H groups in total. The molecule has 3 nitrogen and oxygen atoms in total. The van der Waals surface area contributed by atoms with Gasteiger partial charge in [0.05, 0.1) is 6.10 Å². The number of nitrogens with one attached hydrogen (secondary N) is 1. The summed E-state index contributed by atoms with van der Waals surface area (Å²) in [5.74, 6) is 0. The molecule has 3 heteroatoms. The molecule has 0 radical (unpaired) electrons. The summed E-state index contributed by atoms with van der Waals surface area (Å²) < 4.78 is 4.93. The molecule has 0 rings (SSSR count). The third-order valence-corrected chi connectivity index (χ3v) is 1.72. The van der Waals surface area contributed by atoms with Crippen LogP contribution in [-0.4, -0.2) is 18.7 Å². The average Bonchev–Trinajstić information content (AvgIpc) is 1.95. The summed E-state index contributed by atoms with van der Waals surface area (Å²) in [7, 11) is 0. The molecular formula is C11H23NO2. The van der Waals surface area contributed by atoms with Gasteiger partial charge in [-0.25, -0.2) is 4.79 Å². The van der Waals surface area contributed by atoms with Crippen LogP contribution in [-0.2, 0) is 4.74 Å². The van der Waals surface area contributed by atoms with Gasteiger partial charge in [-0.05, 0) is 32.1 Å². The molecule has 0 aromatic carbocycles. The molecule has 0 fully saturated rings. The summed E-state index contributed by atoms with van der Waals surface area (Å²) in [6.45, 7) is 11.0. The van der Waals surface area contributed by atoms with Crippen LogP contribution in [0.4, 0.5) is 4.79 Å². The van der Waals surface area contributed by atoms with E-state index in [-0.39, 0.29) is 12.2 Å². The van der Waals surface area contributed by atoms with Crippen LogP contribution in [0.2, 0.25) is 0 Å². The number of alkyl carbamates (subject to hydrolysis) is 1. The van der Waals surface area contributed by atoms with Crippen molar-refractivity contribution in [1.82, 2.24) is 5.32 Å². The van der Waals surface area contributed by atoms with Gasteiger partial charge in [0.1, 0.15) is 0 Å². The highest BCUT2D eigenvalue weighted by Gasteiger charge is 2.10. The zero-order chi connectivity index (χ0) is 11.2. The molecule has 0 saturated heterocycles. The Bertz CT molecular complexity index is 171. The van der Waals surface area contributed by atoms with Crippen LogP contribution in [0.1, 0.15) is 47.5 Å². The Hall–Kier alpha value is -0.730. The van der Waals surface area contributed by atoms with E-state index in [1.807, 2.05) is 13.8 Å². The van der Waals surface area contributed by atoms with E-state index in [1.165, 1.54) is 0 Å². The van der Waals surface area contributed by atoms with Crippen molar-refractivity contribution in [3.63, 3.8) is 0 Å². The van der Waals surface area contributed by atoms with E-state index in [0.717, 1.165) is 12.8 Å². The molecule has 14 heavy (non-hydrogen) atoms. The standard InChI is InChI=1S/C11H23NO2/c1-9(2)14-10(13)12-8-6-7-11(3,4)5/h9H,6-8H2,1-5H3,(H,12,13). The lowest BCUT2D eigenvalue weighted by Gasteiger charge is -2.17. The van der Waals surface area contributed by atoms with Gasteiger partial charge < -0.3 is 10.1 Å². The maximum atomic E-state index is 11.0. The van der Waals surface area contributed by atoms with Crippen molar-refractivity contribution < 1.29 is 9.53 Å². The van der Waals surface area contributed by atoms with Gasteiger partial charge in [-0.3, -0.25) is 0 Å². The lowest BCUT2D eigenvalue weighted by atomic mass is 9.91. The van der Waals surface area contributed by atoms with Crippen LogP contribution in [0.3, 0.4) is 0 Å². The Labute approximate surface area is 87.2 Å². The lowest BCUT2D eigenvalue weighted by molar-refractivity contribution is 0.115. The molecular weight excluding hydrogens is 178 g/mol. The normalized spacial score (nSPS) is 11.6. The first-order valence-corrected chi connectivity index (χ1v) is 5.26. The molecule has 0 aromatic heterocycles. The van der Waals surface area contributed by atoms with Crippen molar-refractivity contribution in [1.29, 1.82) is 0 Å². The highest BCUT2D eigenvalue weighted by Crippen LogP contribution is 2.19. The first kappa shape index (κ1) is 13.3. The lowest BCUT2D eigenvalue weighted by Crippen LogP contribution is -2.28. The first-order chi connectivity index (χ1) is 6.31. The molecule has 0 bridgehead atoms. The zero-order valence-corrected chi connectivity index (χ0v) is 10.0. The quantitative estimate of drug-likeness (QED) is 0.710. The Morgan fingerprint density at radius 3 is 2.36 bits per heavy atom. The van der Waals surface area contributed by atoms with Crippen LogP contribution in [0.25, 0.3) is 0 Å². The summed E-state index contributed by atoms with van der Waals surface area (Å²) in [4.78, 5) is 11.0. The Balaban J connectivity index is 3.41. The Morgan fingerprint density at radius 1 is 1.36 bits per heavy atom. The Kier molecular flexibility index (Phi) is 5.58. The smallest absolute Gasteiger partial charge is 0.407 e. The number of carbonyl (C=O) groups excluding carboxylic acids is 1. The molecule has 1 amide bonds. The fraction of sp³-hybridized carbons (Fsp3) is 0.909. The van der Waals surface area contributed by atoms with Gasteiger partial charge in [0, 0.05) is 6.54 Å². The summed E-state index contributed by atoms with van der Waals surface area (Å²) >= 11 is 0. The van der Waals surface area contributed by atoms with Crippen molar-refractivity contribution in [3.8, 4) is 0 Å². The topological polar surface area (TPSA) is 38.3 Å². The van der Waals surface area contributed by atoms with Crippen molar-refractivity contribution in [2.24, 2.45) is 5.41 Å². The number of hydrogen-bond donors (Lipinski definition) is 1. The minimum atomic E-state index is -0.311. The highest BCUT2D eigenvalue weighted by molar-refractivity contribution is 5.67.